The van der Waals surface area contributed by atoms with E-state index in [2.05, 4.69) is 10.3 Å². The first kappa shape index (κ1) is 14.7. The lowest BCUT2D eigenvalue weighted by Gasteiger charge is -2.19. The van der Waals surface area contributed by atoms with Crippen molar-refractivity contribution in [1.82, 2.24) is 10.3 Å². The number of aromatic nitrogens is 1. The van der Waals surface area contributed by atoms with E-state index in [4.69, 9.17) is 0 Å². The van der Waals surface area contributed by atoms with Crippen molar-refractivity contribution in [2.75, 3.05) is 6.54 Å². The first-order valence-corrected chi connectivity index (χ1v) is 7.01. The van der Waals surface area contributed by atoms with Gasteiger partial charge >= 0.3 is 0 Å². The number of nitrogens with one attached hydrogen (secondary N) is 1. The Balaban J connectivity index is 2.24. The Morgan fingerprint density at radius 3 is 2.50 bits per heavy atom. The van der Waals surface area contributed by atoms with Crippen molar-refractivity contribution in [2.45, 2.75) is 33.2 Å². The zero-order chi connectivity index (χ0) is 14.5. The van der Waals surface area contributed by atoms with Crippen LogP contribution in [-0.4, -0.2) is 11.5 Å². The molecule has 106 valence electrons. The summed E-state index contributed by atoms with van der Waals surface area (Å²) in [5, 5.41) is 3.34. The molecular formula is C17H21FN2. The van der Waals surface area contributed by atoms with Crippen LogP contribution in [0.25, 0.3) is 0 Å². The molecule has 2 rings (SSSR count). The molecule has 1 N–H and O–H groups in total. The van der Waals surface area contributed by atoms with Gasteiger partial charge in [-0.05, 0) is 43.7 Å². The first-order valence-electron chi connectivity index (χ1n) is 7.01. The standard InChI is InChI=1S/C17H21FN2/c1-4-19-17(10-14-7-5-13(3)11-20-14)15-8-6-12(2)9-16(15)18/h5-9,11,17,19H,4,10H2,1-3H3. The van der Waals surface area contributed by atoms with E-state index in [1.165, 1.54) is 0 Å². The number of pyridine rings is 1. The van der Waals surface area contributed by atoms with Crippen LogP contribution in [0.2, 0.25) is 0 Å². The second-order valence-corrected chi connectivity index (χ2v) is 5.17. The van der Waals surface area contributed by atoms with Crippen LogP contribution in [0.4, 0.5) is 4.39 Å². The van der Waals surface area contributed by atoms with Gasteiger partial charge in [-0.1, -0.05) is 25.1 Å². The highest BCUT2D eigenvalue weighted by atomic mass is 19.1. The SMILES string of the molecule is CCNC(Cc1ccc(C)cn1)c1ccc(C)cc1F. The molecule has 3 heteroatoms. The molecule has 0 aliphatic carbocycles. The number of hydrogen-bond donors (Lipinski definition) is 1. The summed E-state index contributed by atoms with van der Waals surface area (Å²) in [7, 11) is 0. The van der Waals surface area contributed by atoms with Gasteiger partial charge in [0, 0.05) is 29.9 Å². The van der Waals surface area contributed by atoms with Gasteiger partial charge in [-0.25, -0.2) is 4.39 Å². The molecule has 0 aliphatic rings. The molecule has 0 radical (unpaired) electrons. The van der Waals surface area contributed by atoms with E-state index < -0.39 is 0 Å². The Hall–Kier alpha value is -1.74. The van der Waals surface area contributed by atoms with Gasteiger partial charge < -0.3 is 5.32 Å². The van der Waals surface area contributed by atoms with Gasteiger partial charge in [0.05, 0.1) is 0 Å². The molecular weight excluding hydrogens is 251 g/mol. The molecule has 2 nitrogen and oxygen atoms in total. The maximum absolute atomic E-state index is 14.1. The van der Waals surface area contributed by atoms with Crippen LogP contribution in [0.5, 0.6) is 0 Å². The number of hydrogen-bond acceptors (Lipinski definition) is 2. The summed E-state index contributed by atoms with van der Waals surface area (Å²) < 4.78 is 14.1. The van der Waals surface area contributed by atoms with Gasteiger partial charge in [0.25, 0.3) is 0 Å². The predicted octanol–water partition coefficient (Wildman–Crippen LogP) is 3.73. The monoisotopic (exact) mass is 272 g/mol. The second-order valence-electron chi connectivity index (χ2n) is 5.17. The van der Waals surface area contributed by atoms with Crippen molar-refractivity contribution in [3.63, 3.8) is 0 Å². The van der Waals surface area contributed by atoms with E-state index in [1.54, 1.807) is 6.07 Å². The number of likely N-dealkylation sites (N-methyl/N-ethyl adjacent to an activating group) is 1. The van der Waals surface area contributed by atoms with E-state index >= 15 is 0 Å². The fourth-order valence-corrected chi connectivity index (χ4v) is 2.28. The molecule has 0 spiro atoms. The lowest BCUT2D eigenvalue weighted by Crippen LogP contribution is -2.24. The summed E-state index contributed by atoms with van der Waals surface area (Å²) in [6.45, 7) is 6.74. The minimum Gasteiger partial charge on any atom is -0.310 e. The largest absolute Gasteiger partial charge is 0.310 e. The lowest BCUT2D eigenvalue weighted by atomic mass is 9.99. The van der Waals surface area contributed by atoms with Gasteiger partial charge in [-0.3, -0.25) is 4.98 Å². The topological polar surface area (TPSA) is 24.9 Å². The average molecular weight is 272 g/mol. The van der Waals surface area contributed by atoms with E-state index in [0.717, 1.165) is 23.4 Å². The summed E-state index contributed by atoms with van der Waals surface area (Å²) in [6, 6.07) is 9.40. The van der Waals surface area contributed by atoms with E-state index in [1.807, 2.05) is 51.2 Å². The molecule has 0 saturated carbocycles. The van der Waals surface area contributed by atoms with Gasteiger partial charge in [0.2, 0.25) is 0 Å². The third-order valence-electron chi connectivity index (χ3n) is 3.37. The molecule has 1 atom stereocenters. The minimum absolute atomic E-state index is 0.0455. The van der Waals surface area contributed by atoms with Crippen molar-refractivity contribution in [2.24, 2.45) is 0 Å². The minimum atomic E-state index is -0.150. The normalized spacial score (nSPS) is 12.4. The zero-order valence-corrected chi connectivity index (χ0v) is 12.3. The van der Waals surface area contributed by atoms with Gasteiger partial charge in [0.15, 0.2) is 0 Å². The van der Waals surface area contributed by atoms with Gasteiger partial charge in [0.1, 0.15) is 5.82 Å². The van der Waals surface area contributed by atoms with Crippen molar-refractivity contribution in [1.29, 1.82) is 0 Å². The average Bonchev–Trinajstić information content (AvgIpc) is 2.41. The fraction of sp³-hybridized carbons (Fsp3) is 0.353. The third-order valence-corrected chi connectivity index (χ3v) is 3.37. The van der Waals surface area contributed by atoms with Crippen LogP contribution in [-0.2, 0) is 6.42 Å². The van der Waals surface area contributed by atoms with Crippen LogP contribution in [0, 0.1) is 19.7 Å². The molecule has 0 saturated heterocycles. The Labute approximate surface area is 120 Å². The molecule has 20 heavy (non-hydrogen) atoms. The number of benzene rings is 1. The number of halogens is 1. The van der Waals surface area contributed by atoms with Crippen LogP contribution in [0.15, 0.2) is 36.5 Å². The predicted molar refractivity (Wildman–Crippen MR) is 80.2 cm³/mol. The van der Waals surface area contributed by atoms with Crippen LogP contribution in [0.1, 0.15) is 35.3 Å². The summed E-state index contributed by atoms with van der Waals surface area (Å²) in [5.41, 5.74) is 3.76. The number of aryl methyl sites for hydroxylation is 2. The molecule has 1 unspecified atom stereocenters. The van der Waals surface area contributed by atoms with Crippen molar-refractivity contribution in [3.05, 3.63) is 64.7 Å². The van der Waals surface area contributed by atoms with Crippen LogP contribution < -0.4 is 5.32 Å². The summed E-state index contributed by atoms with van der Waals surface area (Å²) >= 11 is 0. The first-order chi connectivity index (χ1) is 9.60. The zero-order valence-electron chi connectivity index (χ0n) is 12.3. The highest BCUT2D eigenvalue weighted by Crippen LogP contribution is 2.21. The molecule has 2 aromatic rings. The highest BCUT2D eigenvalue weighted by Gasteiger charge is 2.16. The quantitative estimate of drug-likeness (QED) is 0.897. The Morgan fingerprint density at radius 1 is 1.15 bits per heavy atom. The van der Waals surface area contributed by atoms with Crippen molar-refractivity contribution >= 4 is 0 Å². The van der Waals surface area contributed by atoms with Crippen LogP contribution >= 0.6 is 0 Å². The molecule has 1 aromatic carbocycles. The molecule has 1 aromatic heterocycles. The Kier molecular flexibility index (Phi) is 4.85. The smallest absolute Gasteiger partial charge is 0.128 e. The highest BCUT2D eigenvalue weighted by molar-refractivity contribution is 5.27. The fourth-order valence-electron chi connectivity index (χ4n) is 2.28. The third kappa shape index (κ3) is 3.64. The van der Waals surface area contributed by atoms with Crippen LogP contribution in [0.3, 0.4) is 0 Å². The summed E-state index contributed by atoms with van der Waals surface area (Å²) in [5.74, 6) is -0.150. The van der Waals surface area contributed by atoms with E-state index in [0.29, 0.717) is 12.0 Å². The van der Waals surface area contributed by atoms with Gasteiger partial charge in [-0.2, -0.15) is 0 Å². The number of rotatable bonds is 5. The summed E-state index contributed by atoms with van der Waals surface area (Å²) in [6.07, 6.45) is 2.54. The molecule has 0 fully saturated rings. The Bertz CT molecular complexity index is 564. The molecule has 0 amide bonds. The second kappa shape index (κ2) is 6.62. The lowest BCUT2D eigenvalue weighted by molar-refractivity contribution is 0.506. The van der Waals surface area contributed by atoms with Gasteiger partial charge in [-0.15, -0.1) is 0 Å². The number of nitrogens with zero attached hydrogens (tertiary/aromatic N) is 1. The maximum atomic E-state index is 14.1. The molecule has 0 bridgehead atoms. The summed E-state index contributed by atoms with van der Waals surface area (Å²) in [4.78, 5) is 4.41. The maximum Gasteiger partial charge on any atom is 0.128 e. The Morgan fingerprint density at radius 2 is 1.90 bits per heavy atom. The van der Waals surface area contributed by atoms with Crippen molar-refractivity contribution in [3.8, 4) is 0 Å². The van der Waals surface area contributed by atoms with E-state index in [9.17, 15) is 4.39 Å². The van der Waals surface area contributed by atoms with Crippen molar-refractivity contribution < 1.29 is 4.39 Å². The van der Waals surface area contributed by atoms with E-state index in [-0.39, 0.29) is 11.9 Å². The molecule has 0 aliphatic heterocycles. The molecule has 1 heterocycles.